The molecule has 2 rings (SSSR count). The van der Waals surface area contributed by atoms with Crippen LogP contribution in [0.4, 0.5) is 0 Å². The number of pyridine rings is 1. The predicted molar refractivity (Wildman–Crippen MR) is 95.8 cm³/mol. The van der Waals surface area contributed by atoms with Gasteiger partial charge in [0.25, 0.3) is 5.91 Å². The molecule has 8 nitrogen and oxygen atoms in total. The third-order valence-electron chi connectivity index (χ3n) is 3.16. The number of halogens is 1. The number of carbonyl (C=O) groups excluding carboxylic acids is 3. The molecule has 0 fully saturated rings. The summed E-state index contributed by atoms with van der Waals surface area (Å²) in [5.41, 5.74) is 6.60. The van der Waals surface area contributed by atoms with Crippen molar-refractivity contribution in [3.05, 3.63) is 44.1 Å². The molecule has 10 heteroatoms. The number of hydrazine groups is 1. The van der Waals surface area contributed by atoms with E-state index >= 15 is 0 Å². The monoisotopic (exact) mass is 396 g/mol. The van der Waals surface area contributed by atoms with Crippen LogP contribution in [0, 0.1) is 20.8 Å². The maximum absolute atomic E-state index is 12.1. The Hall–Kier alpha value is -2.52. The minimum atomic E-state index is -0.764. The number of hydrogen-bond acceptors (Lipinski definition) is 7. The summed E-state index contributed by atoms with van der Waals surface area (Å²) in [6.07, 6.45) is 0.0441. The summed E-state index contributed by atoms with van der Waals surface area (Å²) in [5, 5.41) is 2.48. The van der Waals surface area contributed by atoms with E-state index in [1.165, 1.54) is 11.3 Å². The van der Waals surface area contributed by atoms with Gasteiger partial charge in [0.1, 0.15) is 10.2 Å². The maximum atomic E-state index is 12.1. The topological polar surface area (TPSA) is 110 Å². The fourth-order valence-electron chi connectivity index (χ4n) is 2.08. The Morgan fingerprint density at radius 2 is 1.81 bits per heavy atom. The molecule has 0 saturated heterocycles. The van der Waals surface area contributed by atoms with Crippen molar-refractivity contribution in [1.82, 2.24) is 20.8 Å². The highest BCUT2D eigenvalue weighted by Crippen LogP contribution is 2.19. The third-order valence-corrected chi connectivity index (χ3v) is 4.40. The lowest BCUT2D eigenvalue weighted by Gasteiger charge is -2.10. The number of hydrogen-bond donors (Lipinski definition) is 2. The average Bonchev–Trinajstić information content (AvgIpc) is 2.94. The van der Waals surface area contributed by atoms with Crippen LogP contribution in [0.15, 0.2) is 11.4 Å². The molecule has 2 heterocycles. The van der Waals surface area contributed by atoms with Crippen LogP contribution in [0.1, 0.15) is 32.3 Å². The lowest BCUT2D eigenvalue weighted by molar-refractivity contribution is -0.130. The SMILES string of the molecule is Cc1csc(CC(=O)NNC(=O)COC(=O)c2c(C)cc(C)nc2Cl)n1. The molecule has 2 aromatic rings. The Morgan fingerprint density at radius 3 is 2.42 bits per heavy atom. The molecular weight excluding hydrogens is 380 g/mol. The molecule has 0 aromatic carbocycles. The first-order valence-corrected chi connectivity index (χ1v) is 8.81. The van der Waals surface area contributed by atoms with Crippen molar-refractivity contribution in [3.63, 3.8) is 0 Å². The molecule has 0 bridgehead atoms. The Labute approximate surface area is 158 Å². The number of esters is 1. The van der Waals surface area contributed by atoms with Crippen LogP contribution in [0.25, 0.3) is 0 Å². The summed E-state index contributed by atoms with van der Waals surface area (Å²) < 4.78 is 4.91. The van der Waals surface area contributed by atoms with Crippen molar-refractivity contribution in [2.45, 2.75) is 27.2 Å². The number of ether oxygens (including phenoxy) is 1. The second-order valence-corrected chi connectivity index (χ2v) is 6.78. The van der Waals surface area contributed by atoms with E-state index < -0.39 is 24.4 Å². The number of rotatable bonds is 5. The zero-order valence-corrected chi connectivity index (χ0v) is 16.0. The van der Waals surface area contributed by atoms with Crippen LogP contribution in [-0.4, -0.2) is 34.4 Å². The molecule has 0 atom stereocenters. The van der Waals surface area contributed by atoms with E-state index in [9.17, 15) is 14.4 Å². The van der Waals surface area contributed by atoms with Gasteiger partial charge in [-0.3, -0.25) is 20.4 Å². The molecule has 0 unspecified atom stereocenters. The summed E-state index contributed by atoms with van der Waals surface area (Å²) in [7, 11) is 0. The molecule has 0 aliphatic rings. The first-order valence-electron chi connectivity index (χ1n) is 7.56. The molecule has 2 amide bonds. The molecule has 2 N–H and O–H groups in total. The fraction of sp³-hybridized carbons (Fsp3) is 0.312. The number of nitrogens with one attached hydrogen (secondary N) is 2. The Bertz CT molecular complexity index is 830. The fourth-order valence-corrected chi connectivity index (χ4v) is 3.21. The Balaban J connectivity index is 1.79. The Kier molecular flexibility index (Phi) is 6.64. The van der Waals surface area contributed by atoms with E-state index in [2.05, 4.69) is 20.8 Å². The number of thiazole rings is 1. The smallest absolute Gasteiger partial charge is 0.342 e. The highest BCUT2D eigenvalue weighted by molar-refractivity contribution is 7.09. The van der Waals surface area contributed by atoms with E-state index in [1.54, 1.807) is 19.9 Å². The lowest BCUT2D eigenvalue weighted by Crippen LogP contribution is -2.44. The molecule has 0 aliphatic carbocycles. The summed E-state index contributed by atoms with van der Waals surface area (Å²) in [4.78, 5) is 43.6. The van der Waals surface area contributed by atoms with Gasteiger partial charge in [-0.05, 0) is 32.4 Å². The highest BCUT2D eigenvalue weighted by Gasteiger charge is 2.18. The predicted octanol–water partition coefficient (Wildman–Crippen LogP) is 1.66. The van der Waals surface area contributed by atoms with Crippen molar-refractivity contribution >= 4 is 40.7 Å². The largest absolute Gasteiger partial charge is 0.452 e. The van der Waals surface area contributed by atoms with Crippen LogP contribution in [0.3, 0.4) is 0 Å². The van der Waals surface area contributed by atoms with Crippen LogP contribution >= 0.6 is 22.9 Å². The van der Waals surface area contributed by atoms with E-state index in [1.807, 2.05) is 12.3 Å². The average molecular weight is 397 g/mol. The minimum Gasteiger partial charge on any atom is -0.452 e. The molecule has 0 spiro atoms. The van der Waals surface area contributed by atoms with E-state index in [0.717, 1.165) is 5.69 Å². The van der Waals surface area contributed by atoms with Gasteiger partial charge >= 0.3 is 5.97 Å². The van der Waals surface area contributed by atoms with Gasteiger partial charge in [0.15, 0.2) is 6.61 Å². The number of aromatic nitrogens is 2. The van der Waals surface area contributed by atoms with E-state index in [0.29, 0.717) is 16.3 Å². The van der Waals surface area contributed by atoms with Crippen molar-refractivity contribution < 1.29 is 19.1 Å². The standard InChI is InChI=1S/C16H17ClN4O4S/c1-8-4-9(2)19-15(17)14(8)16(24)25-6-12(23)21-20-11(22)5-13-18-10(3)7-26-13/h4,7H,5-6H2,1-3H3,(H,20,22)(H,21,23). The minimum absolute atomic E-state index is 0.0138. The van der Waals surface area contributed by atoms with E-state index in [-0.39, 0.29) is 17.1 Å². The van der Waals surface area contributed by atoms with Crippen molar-refractivity contribution in [1.29, 1.82) is 0 Å². The summed E-state index contributed by atoms with van der Waals surface area (Å²) in [6.45, 7) is 4.69. The molecule has 0 radical (unpaired) electrons. The van der Waals surface area contributed by atoms with Crippen LogP contribution in [0.5, 0.6) is 0 Å². The van der Waals surface area contributed by atoms with Gasteiger partial charge in [-0.2, -0.15) is 0 Å². The van der Waals surface area contributed by atoms with Crippen molar-refractivity contribution in [2.75, 3.05) is 6.61 Å². The van der Waals surface area contributed by atoms with Crippen LogP contribution in [0.2, 0.25) is 5.15 Å². The third kappa shape index (κ3) is 5.50. The van der Waals surface area contributed by atoms with Gasteiger partial charge in [-0.25, -0.2) is 14.8 Å². The molecule has 138 valence electrons. The number of carbonyl (C=O) groups is 3. The molecule has 0 aliphatic heterocycles. The summed E-state index contributed by atoms with van der Waals surface area (Å²) in [5.74, 6) is -1.88. The quantitative estimate of drug-likeness (QED) is 0.452. The van der Waals surface area contributed by atoms with Crippen LogP contribution in [-0.2, 0) is 20.7 Å². The van der Waals surface area contributed by atoms with Gasteiger partial charge in [-0.15, -0.1) is 11.3 Å². The molecule has 0 saturated carbocycles. The lowest BCUT2D eigenvalue weighted by atomic mass is 10.1. The van der Waals surface area contributed by atoms with E-state index in [4.69, 9.17) is 16.3 Å². The second kappa shape index (κ2) is 8.72. The summed E-state index contributed by atoms with van der Waals surface area (Å²) >= 11 is 7.31. The summed E-state index contributed by atoms with van der Waals surface area (Å²) in [6, 6.07) is 1.68. The van der Waals surface area contributed by atoms with Gasteiger partial charge in [0.2, 0.25) is 5.91 Å². The van der Waals surface area contributed by atoms with Gasteiger partial charge in [0, 0.05) is 16.8 Å². The molecular formula is C16H17ClN4O4S. The first-order chi connectivity index (χ1) is 12.3. The number of amides is 2. The zero-order chi connectivity index (χ0) is 19.3. The number of nitrogens with zero attached hydrogens (tertiary/aromatic N) is 2. The van der Waals surface area contributed by atoms with Crippen molar-refractivity contribution in [2.24, 2.45) is 0 Å². The maximum Gasteiger partial charge on any atom is 0.342 e. The first kappa shape index (κ1) is 19.8. The number of aryl methyl sites for hydroxylation is 3. The Morgan fingerprint density at radius 1 is 1.12 bits per heavy atom. The van der Waals surface area contributed by atoms with Gasteiger partial charge in [0.05, 0.1) is 12.0 Å². The normalized spacial score (nSPS) is 10.3. The van der Waals surface area contributed by atoms with Gasteiger partial charge in [-0.1, -0.05) is 11.6 Å². The van der Waals surface area contributed by atoms with Crippen LogP contribution < -0.4 is 10.9 Å². The molecule has 26 heavy (non-hydrogen) atoms. The van der Waals surface area contributed by atoms with Crippen molar-refractivity contribution in [3.8, 4) is 0 Å². The van der Waals surface area contributed by atoms with Gasteiger partial charge < -0.3 is 4.74 Å². The second-order valence-electron chi connectivity index (χ2n) is 5.48. The highest BCUT2D eigenvalue weighted by atomic mass is 35.5. The molecule has 2 aromatic heterocycles. The zero-order valence-electron chi connectivity index (χ0n) is 14.4.